The topological polar surface area (TPSA) is 35.3 Å². The molecule has 1 rings (SSSR count). The van der Waals surface area contributed by atoms with Crippen LogP contribution >= 0.6 is 11.6 Å². The molecule has 0 fully saturated rings. The van der Waals surface area contributed by atoms with E-state index in [1.807, 2.05) is 0 Å². The number of hydrogen-bond donors (Lipinski definition) is 0. The number of ether oxygens (including phenoxy) is 1. The van der Waals surface area contributed by atoms with Crippen LogP contribution in [0.3, 0.4) is 0 Å². The summed E-state index contributed by atoms with van der Waals surface area (Å²) in [5.74, 6) is 0.957. The average molecular weight is 244 g/mol. The van der Waals surface area contributed by atoms with E-state index in [1.165, 1.54) is 6.20 Å². The summed E-state index contributed by atoms with van der Waals surface area (Å²) in [6.45, 7) is -1.31. The fraction of sp³-hybridized carbons (Fsp3) is 0.625. The second-order valence-corrected chi connectivity index (χ2v) is 3.04. The Morgan fingerprint density at radius 2 is 2.20 bits per heavy atom. The molecule has 7 heteroatoms. The summed E-state index contributed by atoms with van der Waals surface area (Å²) in [5, 5.41) is 0. The summed E-state index contributed by atoms with van der Waals surface area (Å²) >= 11 is 5.43. The number of rotatable bonds is 5. The molecule has 1 aromatic rings. The van der Waals surface area contributed by atoms with Gasteiger partial charge in [0.25, 0.3) is 0 Å². The number of nitrogens with zero attached hydrogens (tertiary/aromatic N) is 1. The SMILES string of the molecule is FC(F)(F)COCCc1cnc(CCl)o1. The first-order valence-electron chi connectivity index (χ1n) is 4.15. The van der Waals surface area contributed by atoms with Gasteiger partial charge in [-0.05, 0) is 0 Å². The highest BCUT2D eigenvalue weighted by atomic mass is 35.5. The largest absolute Gasteiger partial charge is 0.444 e. The maximum absolute atomic E-state index is 11.7. The smallest absolute Gasteiger partial charge is 0.411 e. The summed E-state index contributed by atoms with van der Waals surface area (Å²) in [4.78, 5) is 3.79. The predicted molar refractivity (Wildman–Crippen MR) is 46.6 cm³/mol. The number of halogens is 4. The first kappa shape index (κ1) is 12.3. The molecule has 0 radical (unpaired) electrons. The second-order valence-electron chi connectivity index (χ2n) is 2.77. The normalized spacial score (nSPS) is 12.0. The van der Waals surface area contributed by atoms with Gasteiger partial charge in [-0.2, -0.15) is 13.2 Å². The summed E-state index contributed by atoms with van der Waals surface area (Å²) in [5.41, 5.74) is 0. The second kappa shape index (κ2) is 5.37. The van der Waals surface area contributed by atoms with Gasteiger partial charge in [0.2, 0.25) is 5.89 Å². The molecular formula is C8H9ClF3NO2. The maximum atomic E-state index is 11.7. The molecule has 1 aromatic heterocycles. The van der Waals surface area contributed by atoms with Crippen LogP contribution in [0.4, 0.5) is 13.2 Å². The average Bonchev–Trinajstić information content (AvgIpc) is 2.59. The van der Waals surface area contributed by atoms with Crippen LogP contribution in [0.2, 0.25) is 0 Å². The lowest BCUT2D eigenvalue weighted by Crippen LogP contribution is -2.17. The molecule has 0 unspecified atom stereocenters. The summed E-state index contributed by atoms with van der Waals surface area (Å²) in [6, 6.07) is 0. The Morgan fingerprint density at radius 3 is 2.73 bits per heavy atom. The molecule has 0 aromatic carbocycles. The highest BCUT2D eigenvalue weighted by Gasteiger charge is 2.27. The Morgan fingerprint density at radius 1 is 1.47 bits per heavy atom. The van der Waals surface area contributed by atoms with Crippen LogP contribution in [0.1, 0.15) is 11.7 Å². The van der Waals surface area contributed by atoms with E-state index in [-0.39, 0.29) is 18.9 Å². The highest BCUT2D eigenvalue weighted by molar-refractivity contribution is 6.16. The van der Waals surface area contributed by atoms with E-state index >= 15 is 0 Å². The molecule has 0 amide bonds. The van der Waals surface area contributed by atoms with Crippen LogP contribution in [0.15, 0.2) is 10.6 Å². The first-order valence-corrected chi connectivity index (χ1v) is 4.69. The van der Waals surface area contributed by atoms with E-state index < -0.39 is 12.8 Å². The zero-order valence-electron chi connectivity index (χ0n) is 7.68. The summed E-state index contributed by atoms with van der Waals surface area (Å²) in [7, 11) is 0. The van der Waals surface area contributed by atoms with Gasteiger partial charge >= 0.3 is 6.18 Å². The monoisotopic (exact) mass is 243 g/mol. The minimum Gasteiger partial charge on any atom is -0.444 e. The van der Waals surface area contributed by atoms with Crippen molar-refractivity contribution in [2.75, 3.05) is 13.2 Å². The first-order chi connectivity index (χ1) is 7.01. The van der Waals surface area contributed by atoms with Gasteiger partial charge in [-0.1, -0.05) is 0 Å². The van der Waals surface area contributed by atoms with Crippen molar-refractivity contribution in [1.82, 2.24) is 4.98 Å². The molecule has 0 bridgehead atoms. The van der Waals surface area contributed by atoms with E-state index in [2.05, 4.69) is 9.72 Å². The van der Waals surface area contributed by atoms with Crippen molar-refractivity contribution in [2.45, 2.75) is 18.5 Å². The van der Waals surface area contributed by atoms with Gasteiger partial charge in [-0.15, -0.1) is 11.6 Å². The molecule has 0 N–H and O–H groups in total. The predicted octanol–water partition coefficient (Wildman–Crippen LogP) is 2.53. The van der Waals surface area contributed by atoms with E-state index in [1.54, 1.807) is 0 Å². The lowest BCUT2D eigenvalue weighted by Gasteiger charge is -2.05. The zero-order chi connectivity index (χ0) is 11.3. The number of aromatic nitrogens is 1. The van der Waals surface area contributed by atoms with Gasteiger partial charge < -0.3 is 9.15 Å². The summed E-state index contributed by atoms with van der Waals surface area (Å²) in [6.07, 6.45) is -2.61. The van der Waals surface area contributed by atoms with Crippen LogP contribution in [-0.4, -0.2) is 24.4 Å². The van der Waals surface area contributed by atoms with Gasteiger partial charge in [0.15, 0.2) is 0 Å². The van der Waals surface area contributed by atoms with E-state index in [0.29, 0.717) is 11.7 Å². The molecule has 3 nitrogen and oxygen atoms in total. The Labute approximate surface area is 89.2 Å². The van der Waals surface area contributed by atoms with Gasteiger partial charge in [0.1, 0.15) is 12.4 Å². The van der Waals surface area contributed by atoms with Crippen molar-refractivity contribution in [2.24, 2.45) is 0 Å². The lowest BCUT2D eigenvalue weighted by molar-refractivity contribution is -0.173. The van der Waals surface area contributed by atoms with Gasteiger partial charge in [-0.3, -0.25) is 0 Å². The van der Waals surface area contributed by atoms with Crippen LogP contribution in [0.25, 0.3) is 0 Å². The standard InChI is InChI=1S/C8H9ClF3NO2/c9-3-7-13-4-6(15-7)1-2-14-5-8(10,11)12/h4H,1-3,5H2. The number of alkyl halides is 4. The minimum atomic E-state index is -4.29. The molecule has 15 heavy (non-hydrogen) atoms. The van der Waals surface area contributed by atoms with Crippen molar-refractivity contribution >= 4 is 11.6 Å². The fourth-order valence-electron chi connectivity index (χ4n) is 0.886. The molecule has 0 atom stereocenters. The lowest BCUT2D eigenvalue weighted by atomic mass is 10.4. The quantitative estimate of drug-likeness (QED) is 0.589. The number of hydrogen-bond acceptors (Lipinski definition) is 3. The van der Waals surface area contributed by atoms with Gasteiger partial charge in [0, 0.05) is 6.42 Å². The fourth-order valence-corrected chi connectivity index (χ4v) is 1.01. The van der Waals surface area contributed by atoms with Crippen LogP contribution in [0, 0.1) is 0 Å². The van der Waals surface area contributed by atoms with Crippen molar-refractivity contribution in [1.29, 1.82) is 0 Å². The molecule has 0 aliphatic heterocycles. The Balaban J connectivity index is 2.20. The Bertz CT molecular complexity index is 300. The van der Waals surface area contributed by atoms with Crippen molar-refractivity contribution in [3.63, 3.8) is 0 Å². The third kappa shape index (κ3) is 5.03. The molecule has 0 aliphatic rings. The molecule has 0 aliphatic carbocycles. The van der Waals surface area contributed by atoms with Crippen molar-refractivity contribution < 1.29 is 22.3 Å². The van der Waals surface area contributed by atoms with Gasteiger partial charge in [0.05, 0.1) is 18.7 Å². The van der Waals surface area contributed by atoms with Crippen molar-refractivity contribution in [3.8, 4) is 0 Å². The molecule has 0 saturated carbocycles. The third-order valence-corrected chi connectivity index (χ3v) is 1.70. The van der Waals surface area contributed by atoms with Crippen LogP contribution in [0.5, 0.6) is 0 Å². The molecule has 0 saturated heterocycles. The van der Waals surface area contributed by atoms with Gasteiger partial charge in [-0.25, -0.2) is 4.98 Å². The maximum Gasteiger partial charge on any atom is 0.411 e. The Kier molecular flexibility index (Phi) is 4.41. The highest BCUT2D eigenvalue weighted by Crippen LogP contribution is 2.14. The van der Waals surface area contributed by atoms with E-state index in [4.69, 9.17) is 16.0 Å². The minimum absolute atomic E-state index is 0.0591. The van der Waals surface area contributed by atoms with Crippen molar-refractivity contribution in [3.05, 3.63) is 17.8 Å². The summed E-state index contributed by atoms with van der Waals surface area (Å²) < 4.78 is 44.4. The molecule has 0 spiro atoms. The van der Waals surface area contributed by atoms with Crippen LogP contribution < -0.4 is 0 Å². The number of oxazole rings is 1. The zero-order valence-corrected chi connectivity index (χ0v) is 8.44. The van der Waals surface area contributed by atoms with E-state index in [0.717, 1.165) is 0 Å². The molecule has 1 heterocycles. The molecule has 86 valence electrons. The third-order valence-electron chi connectivity index (χ3n) is 1.47. The Hall–Kier alpha value is -0.750. The molecular weight excluding hydrogens is 235 g/mol. The van der Waals surface area contributed by atoms with E-state index in [9.17, 15) is 13.2 Å². The van der Waals surface area contributed by atoms with Crippen LogP contribution in [-0.2, 0) is 17.0 Å².